The lowest BCUT2D eigenvalue weighted by Crippen LogP contribution is -2.28. The molecule has 0 fully saturated rings. The summed E-state index contributed by atoms with van der Waals surface area (Å²) in [6, 6.07) is 9.51. The molecule has 4 nitrogen and oxygen atoms in total. The summed E-state index contributed by atoms with van der Waals surface area (Å²) in [4.78, 5) is 0.464. The van der Waals surface area contributed by atoms with Crippen LogP contribution < -0.4 is 4.90 Å². The van der Waals surface area contributed by atoms with Gasteiger partial charge in [-0.1, -0.05) is 36.4 Å². The number of rotatable bonds is 4. The Hall–Kier alpha value is -2.10. The van der Waals surface area contributed by atoms with Crippen LogP contribution in [-0.4, -0.2) is 5.16 Å². The van der Waals surface area contributed by atoms with Crippen molar-refractivity contribution >= 4 is 0 Å². The number of nitrogens with zero attached hydrogens (tertiary/aromatic N) is 2. The van der Waals surface area contributed by atoms with Crippen molar-refractivity contribution in [2.24, 2.45) is 0 Å². The maximum Gasteiger partial charge on any atom is 0.251 e. The second kappa shape index (κ2) is 4.61. The molecule has 1 aromatic carbocycles. The average molecular weight is 216 g/mol. The van der Waals surface area contributed by atoms with Crippen LogP contribution in [0.2, 0.25) is 0 Å². The van der Waals surface area contributed by atoms with Crippen LogP contribution in [0.4, 0.5) is 0 Å². The summed E-state index contributed by atoms with van der Waals surface area (Å²) in [7, 11) is 0. The second-order valence-corrected chi connectivity index (χ2v) is 3.42. The van der Waals surface area contributed by atoms with E-state index in [4.69, 9.17) is 0 Å². The highest BCUT2D eigenvalue weighted by atomic mass is 16.8. The first kappa shape index (κ1) is 10.4. The van der Waals surface area contributed by atoms with E-state index in [2.05, 4.69) is 16.4 Å². The molecule has 16 heavy (non-hydrogen) atoms. The Labute approximate surface area is 93.4 Å². The van der Waals surface area contributed by atoms with Crippen LogP contribution in [0.1, 0.15) is 12.1 Å². The van der Waals surface area contributed by atoms with Crippen LogP contribution in [0.25, 0.3) is 11.3 Å². The van der Waals surface area contributed by atoms with Crippen molar-refractivity contribution in [3.63, 3.8) is 0 Å². The highest BCUT2D eigenvalue weighted by molar-refractivity contribution is 5.59. The molecule has 0 atom stereocenters. The zero-order valence-electron chi connectivity index (χ0n) is 8.80. The van der Waals surface area contributed by atoms with E-state index in [0.29, 0.717) is 22.7 Å². The van der Waals surface area contributed by atoms with E-state index < -0.39 is 0 Å². The van der Waals surface area contributed by atoms with Gasteiger partial charge in [0.1, 0.15) is 0 Å². The number of hydrogen-bond donors (Lipinski definition) is 0. The molecule has 0 saturated heterocycles. The van der Waals surface area contributed by atoms with Gasteiger partial charge in [-0.15, -0.1) is 6.58 Å². The van der Waals surface area contributed by atoms with Gasteiger partial charge in [-0.2, -0.15) is 0 Å². The maximum absolute atomic E-state index is 11.4. The van der Waals surface area contributed by atoms with E-state index in [1.807, 2.05) is 30.3 Å². The molecule has 1 aromatic heterocycles. The van der Waals surface area contributed by atoms with Crippen LogP contribution in [0, 0.1) is 5.21 Å². The van der Waals surface area contributed by atoms with Crippen LogP contribution in [0.5, 0.6) is 0 Å². The highest BCUT2D eigenvalue weighted by Crippen LogP contribution is 2.19. The third-order valence-electron chi connectivity index (χ3n) is 2.33. The molecule has 2 aromatic rings. The topological polar surface area (TPSA) is 53.0 Å². The van der Waals surface area contributed by atoms with Crippen molar-refractivity contribution in [2.75, 3.05) is 0 Å². The van der Waals surface area contributed by atoms with Crippen LogP contribution in [0.3, 0.4) is 0 Å². The fraction of sp³-hybridized carbons (Fsp3) is 0.167. The Morgan fingerprint density at radius 1 is 1.38 bits per heavy atom. The summed E-state index contributed by atoms with van der Waals surface area (Å²) in [6.45, 7) is 3.63. The van der Waals surface area contributed by atoms with Crippen LogP contribution in [0.15, 0.2) is 47.6 Å². The van der Waals surface area contributed by atoms with Gasteiger partial charge < -0.3 is 5.21 Å². The quantitative estimate of drug-likeness (QED) is 0.581. The first-order chi connectivity index (χ1) is 7.83. The molecule has 0 aliphatic rings. The van der Waals surface area contributed by atoms with Gasteiger partial charge in [0.2, 0.25) is 5.69 Å². The summed E-state index contributed by atoms with van der Waals surface area (Å²) in [5.74, 6) is 0. The molecule has 0 N–H and O–H groups in total. The number of hydrogen-bond acceptors (Lipinski definition) is 3. The second-order valence-electron chi connectivity index (χ2n) is 3.42. The van der Waals surface area contributed by atoms with E-state index in [1.54, 1.807) is 6.08 Å². The first-order valence-corrected chi connectivity index (χ1v) is 5.08. The molecule has 82 valence electrons. The Morgan fingerprint density at radius 2 is 2.12 bits per heavy atom. The zero-order valence-corrected chi connectivity index (χ0v) is 8.80. The van der Waals surface area contributed by atoms with E-state index in [9.17, 15) is 5.21 Å². The molecule has 0 radical (unpaired) electrons. The molecule has 0 saturated carbocycles. The van der Waals surface area contributed by atoms with Crippen molar-refractivity contribution in [1.29, 1.82) is 0 Å². The van der Waals surface area contributed by atoms with Crippen molar-refractivity contribution in [3.8, 4) is 11.3 Å². The molecule has 0 amide bonds. The van der Waals surface area contributed by atoms with Gasteiger partial charge in [-0.3, -0.25) is 4.63 Å². The maximum atomic E-state index is 11.4. The summed E-state index contributed by atoms with van der Waals surface area (Å²) >= 11 is 0. The Morgan fingerprint density at radius 3 is 2.81 bits per heavy atom. The van der Waals surface area contributed by atoms with E-state index in [-0.39, 0.29) is 0 Å². The van der Waals surface area contributed by atoms with Gasteiger partial charge in [0.25, 0.3) is 5.69 Å². The molecule has 0 aliphatic carbocycles. The summed E-state index contributed by atoms with van der Waals surface area (Å²) < 4.78 is 4.62. The smallest absolute Gasteiger partial charge is 0.251 e. The minimum absolute atomic E-state index is 0.464. The SMILES string of the molecule is C=CCCc1c(-c2ccccc2)no[n+]1[O-]. The van der Waals surface area contributed by atoms with E-state index >= 15 is 0 Å². The Balaban J connectivity index is 2.38. The van der Waals surface area contributed by atoms with Gasteiger partial charge in [0.05, 0.1) is 0 Å². The largest absolute Gasteiger partial charge is 0.359 e. The van der Waals surface area contributed by atoms with E-state index in [1.165, 1.54) is 0 Å². The lowest BCUT2D eigenvalue weighted by atomic mass is 10.1. The molecule has 0 bridgehead atoms. The predicted octanol–water partition coefficient (Wildman–Crippen LogP) is 2.09. The summed E-state index contributed by atoms with van der Waals surface area (Å²) in [5.41, 5.74) is 2.04. The lowest BCUT2D eigenvalue weighted by molar-refractivity contribution is -0.807. The van der Waals surface area contributed by atoms with Gasteiger partial charge in [0, 0.05) is 17.1 Å². The monoisotopic (exact) mass is 216 g/mol. The van der Waals surface area contributed by atoms with Gasteiger partial charge >= 0.3 is 0 Å². The van der Waals surface area contributed by atoms with Crippen molar-refractivity contribution in [1.82, 2.24) is 5.16 Å². The van der Waals surface area contributed by atoms with Gasteiger partial charge in [0.15, 0.2) is 0 Å². The number of benzene rings is 1. The molecule has 1 heterocycles. The standard InChI is InChI=1S/C12H12N2O2/c1-2-3-9-11-12(13-16-14(11)15)10-7-5-4-6-8-10/h2,4-8H,1,3,9H2. The van der Waals surface area contributed by atoms with Crippen molar-refractivity contribution in [2.45, 2.75) is 12.8 Å². The minimum atomic E-state index is 0.464. The third-order valence-corrected chi connectivity index (χ3v) is 2.33. The Kier molecular flexibility index (Phi) is 3.00. The molecule has 4 heteroatoms. The fourth-order valence-electron chi connectivity index (χ4n) is 1.53. The van der Waals surface area contributed by atoms with Gasteiger partial charge in [-0.25, -0.2) is 0 Å². The molecule has 2 rings (SSSR count). The van der Waals surface area contributed by atoms with Crippen molar-refractivity contribution < 1.29 is 9.53 Å². The summed E-state index contributed by atoms with van der Waals surface area (Å²) in [5, 5.41) is 15.2. The van der Waals surface area contributed by atoms with Gasteiger partial charge in [-0.05, 0) is 11.3 Å². The molecule has 0 aliphatic heterocycles. The fourth-order valence-corrected chi connectivity index (χ4v) is 1.53. The number of aromatic nitrogens is 2. The Bertz CT molecular complexity index is 477. The highest BCUT2D eigenvalue weighted by Gasteiger charge is 2.19. The molecule has 0 spiro atoms. The summed E-state index contributed by atoms with van der Waals surface area (Å²) in [6.07, 6.45) is 3.08. The minimum Gasteiger partial charge on any atom is -0.359 e. The first-order valence-electron chi connectivity index (χ1n) is 5.08. The predicted molar refractivity (Wildman–Crippen MR) is 59.4 cm³/mol. The molecular weight excluding hydrogens is 204 g/mol. The number of allylic oxidation sites excluding steroid dienone is 1. The van der Waals surface area contributed by atoms with E-state index in [0.717, 1.165) is 12.0 Å². The molecular formula is C12H12N2O2. The zero-order chi connectivity index (χ0) is 11.4. The van der Waals surface area contributed by atoms with Crippen LogP contribution >= 0.6 is 0 Å². The average Bonchev–Trinajstić information content (AvgIpc) is 2.69. The lowest BCUT2D eigenvalue weighted by Gasteiger charge is -1.96. The third kappa shape index (κ3) is 1.95. The molecule has 0 unspecified atom stereocenters. The van der Waals surface area contributed by atoms with Crippen molar-refractivity contribution in [3.05, 3.63) is 53.9 Å². The normalized spacial score (nSPS) is 10.2. The van der Waals surface area contributed by atoms with Crippen LogP contribution in [-0.2, 0) is 6.42 Å².